The molecule has 6 heteroatoms. The number of hydrogen-bond acceptors (Lipinski definition) is 5. The standard InChI is InChI=1S/C17H24N2O4/c1-17(2,3)23-16(20)14-12-10-11(22-5)6-7-13(12)19(15(14)18)8-9-21-4/h6-7,10H,8-9,18H2,1-5H3. The number of nitrogens with zero attached hydrogens (tertiary/aromatic N) is 1. The van der Waals surface area contributed by atoms with Crippen LogP contribution in [0.1, 0.15) is 31.1 Å². The molecule has 0 atom stereocenters. The lowest BCUT2D eigenvalue weighted by Crippen LogP contribution is -2.24. The van der Waals surface area contributed by atoms with Crippen LogP contribution in [0.5, 0.6) is 5.75 Å². The first-order valence-electron chi connectivity index (χ1n) is 7.46. The van der Waals surface area contributed by atoms with E-state index < -0.39 is 11.6 Å². The molecule has 0 unspecified atom stereocenters. The van der Waals surface area contributed by atoms with Gasteiger partial charge >= 0.3 is 5.97 Å². The molecule has 1 aromatic carbocycles. The maximum atomic E-state index is 12.6. The highest BCUT2D eigenvalue weighted by Crippen LogP contribution is 2.32. The van der Waals surface area contributed by atoms with Gasteiger partial charge in [-0.05, 0) is 39.0 Å². The molecule has 2 N–H and O–H groups in total. The van der Waals surface area contributed by atoms with E-state index >= 15 is 0 Å². The summed E-state index contributed by atoms with van der Waals surface area (Å²) in [5.74, 6) is 0.593. The van der Waals surface area contributed by atoms with Gasteiger partial charge in [0.2, 0.25) is 0 Å². The molecule has 1 aromatic heterocycles. The highest BCUT2D eigenvalue weighted by Gasteiger charge is 2.26. The first-order chi connectivity index (χ1) is 10.8. The molecule has 2 aromatic rings. The minimum absolute atomic E-state index is 0.366. The van der Waals surface area contributed by atoms with Crippen molar-refractivity contribution in [3.8, 4) is 5.75 Å². The molecule has 1 heterocycles. The molecule has 0 aliphatic carbocycles. The number of fused-ring (bicyclic) bond motifs is 1. The Morgan fingerprint density at radius 1 is 1.26 bits per heavy atom. The molecular formula is C17H24N2O4. The highest BCUT2D eigenvalue weighted by molar-refractivity contribution is 6.09. The zero-order valence-electron chi connectivity index (χ0n) is 14.3. The summed E-state index contributed by atoms with van der Waals surface area (Å²) < 4.78 is 17.7. The van der Waals surface area contributed by atoms with E-state index in [-0.39, 0.29) is 0 Å². The summed E-state index contributed by atoms with van der Waals surface area (Å²) in [7, 11) is 3.21. The average molecular weight is 320 g/mol. The van der Waals surface area contributed by atoms with Crippen LogP contribution in [0.25, 0.3) is 10.9 Å². The zero-order chi connectivity index (χ0) is 17.2. The summed E-state index contributed by atoms with van der Waals surface area (Å²) in [6.45, 7) is 6.52. The number of carbonyl (C=O) groups excluding carboxylic acids is 1. The van der Waals surface area contributed by atoms with Crippen molar-refractivity contribution in [2.75, 3.05) is 26.6 Å². The number of benzene rings is 1. The Hall–Kier alpha value is -2.21. The fourth-order valence-corrected chi connectivity index (χ4v) is 2.45. The predicted octanol–water partition coefficient (Wildman–Crippen LogP) is 2.83. The minimum Gasteiger partial charge on any atom is -0.497 e. The zero-order valence-corrected chi connectivity index (χ0v) is 14.3. The van der Waals surface area contributed by atoms with Crippen LogP contribution in [-0.2, 0) is 16.0 Å². The first kappa shape index (κ1) is 17.1. The lowest BCUT2D eigenvalue weighted by atomic mass is 10.1. The fraction of sp³-hybridized carbons (Fsp3) is 0.471. The number of nitrogens with two attached hydrogens (primary N) is 1. The molecule has 0 radical (unpaired) electrons. The van der Waals surface area contributed by atoms with Gasteiger partial charge in [-0.3, -0.25) is 0 Å². The molecule has 6 nitrogen and oxygen atoms in total. The topological polar surface area (TPSA) is 75.7 Å². The van der Waals surface area contributed by atoms with Crippen molar-refractivity contribution in [3.05, 3.63) is 23.8 Å². The van der Waals surface area contributed by atoms with Gasteiger partial charge in [-0.1, -0.05) is 0 Å². The second-order valence-corrected chi connectivity index (χ2v) is 6.29. The molecule has 0 saturated carbocycles. The third-order valence-corrected chi connectivity index (χ3v) is 3.43. The summed E-state index contributed by atoms with van der Waals surface area (Å²) in [5, 5.41) is 0.715. The van der Waals surface area contributed by atoms with Crippen molar-refractivity contribution >= 4 is 22.7 Å². The van der Waals surface area contributed by atoms with Crippen LogP contribution in [0.15, 0.2) is 18.2 Å². The van der Waals surface area contributed by atoms with Crippen LogP contribution >= 0.6 is 0 Å². The van der Waals surface area contributed by atoms with E-state index in [1.807, 2.05) is 37.5 Å². The van der Waals surface area contributed by atoms with Crippen molar-refractivity contribution in [2.24, 2.45) is 0 Å². The third kappa shape index (κ3) is 3.59. The number of aromatic nitrogens is 1. The van der Waals surface area contributed by atoms with Crippen LogP contribution in [0, 0.1) is 0 Å². The Bertz CT molecular complexity index is 713. The van der Waals surface area contributed by atoms with E-state index in [2.05, 4.69) is 0 Å². The lowest BCUT2D eigenvalue weighted by molar-refractivity contribution is 0.00729. The van der Waals surface area contributed by atoms with Gasteiger partial charge < -0.3 is 24.5 Å². The van der Waals surface area contributed by atoms with Gasteiger partial charge in [0.1, 0.15) is 22.7 Å². The average Bonchev–Trinajstić information content (AvgIpc) is 2.74. The minimum atomic E-state index is -0.594. The first-order valence-corrected chi connectivity index (χ1v) is 7.46. The van der Waals surface area contributed by atoms with E-state index in [4.69, 9.17) is 19.9 Å². The largest absolute Gasteiger partial charge is 0.497 e. The molecule has 0 spiro atoms. The summed E-state index contributed by atoms with van der Waals surface area (Å²) in [4.78, 5) is 12.6. The normalized spacial score (nSPS) is 11.7. The van der Waals surface area contributed by atoms with Gasteiger partial charge in [0.25, 0.3) is 0 Å². The Morgan fingerprint density at radius 2 is 1.96 bits per heavy atom. The van der Waals surface area contributed by atoms with Crippen LogP contribution < -0.4 is 10.5 Å². The van der Waals surface area contributed by atoms with Gasteiger partial charge in [0.05, 0.1) is 19.2 Å². The molecule has 23 heavy (non-hydrogen) atoms. The third-order valence-electron chi connectivity index (χ3n) is 3.43. The van der Waals surface area contributed by atoms with E-state index in [0.717, 1.165) is 5.52 Å². The highest BCUT2D eigenvalue weighted by atomic mass is 16.6. The second kappa shape index (κ2) is 6.50. The van der Waals surface area contributed by atoms with Crippen LogP contribution in [0.4, 0.5) is 5.82 Å². The molecule has 0 fully saturated rings. The summed E-state index contributed by atoms with van der Waals surface area (Å²) in [6, 6.07) is 5.52. The van der Waals surface area contributed by atoms with Crippen LogP contribution in [0.3, 0.4) is 0 Å². The van der Waals surface area contributed by atoms with Gasteiger partial charge in [0, 0.05) is 19.0 Å². The van der Waals surface area contributed by atoms with E-state index in [1.165, 1.54) is 0 Å². The Balaban J connectivity index is 2.61. The molecule has 0 aliphatic rings. The number of esters is 1. The smallest absolute Gasteiger partial charge is 0.343 e. The van der Waals surface area contributed by atoms with Crippen LogP contribution in [0.2, 0.25) is 0 Å². The van der Waals surface area contributed by atoms with Crippen molar-refractivity contribution in [1.29, 1.82) is 0 Å². The number of hydrogen-bond donors (Lipinski definition) is 1. The number of nitrogen functional groups attached to an aromatic ring is 1. The quantitative estimate of drug-likeness (QED) is 0.857. The Morgan fingerprint density at radius 3 is 2.52 bits per heavy atom. The van der Waals surface area contributed by atoms with Crippen LogP contribution in [-0.4, -0.2) is 37.0 Å². The van der Waals surface area contributed by atoms with E-state index in [1.54, 1.807) is 20.3 Å². The Labute approximate surface area is 136 Å². The monoisotopic (exact) mass is 320 g/mol. The number of carbonyl (C=O) groups is 1. The van der Waals surface area contributed by atoms with Gasteiger partial charge in [-0.2, -0.15) is 0 Å². The maximum absolute atomic E-state index is 12.6. The lowest BCUT2D eigenvalue weighted by Gasteiger charge is -2.19. The van der Waals surface area contributed by atoms with Gasteiger partial charge in [-0.15, -0.1) is 0 Å². The number of ether oxygens (including phenoxy) is 3. The maximum Gasteiger partial charge on any atom is 0.343 e. The molecule has 0 bridgehead atoms. The summed E-state index contributed by atoms with van der Waals surface area (Å²) in [6.07, 6.45) is 0. The second-order valence-electron chi connectivity index (χ2n) is 6.29. The predicted molar refractivity (Wildman–Crippen MR) is 89.9 cm³/mol. The fourth-order valence-electron chi connectivity index (χ4n) is 2.45. The molecule has 2 rings (SSSR count). The Kier molecular flexibility index (Phi) is 4.85. The van der Waals surface area contributed by atoms with Gasteiger partial charge in [0.15, 0.2) is 0 Å². The SMILES string of the molecule is COCCn1c(N)c(C(=O)OC(C)(C)C)c2cc(OC)ccc21. The molecule has 126 valence electrons. The number of methoxy groups -OCH3 is 2. The molecule has 0 aliphatic heterocycles. The molecular weight excluding hydrogens is 296 g/mol. The van der Waals surface area contributed by atoms with Gasteiger partial charge in [-0.25, -0.2) is 4.79 Å². The summed E-state index contributed by atoms with van der Waals surface area (Å²) >= 11 is 0. The molecule has 0 amide bonds. The van der Waals surface area contributed by atoms with E-state index in [0.29, 0.717) is 35.7 Å². The van der Waals surface area contributed by atoms with Crippen molar-refractivity contribution in [2.45, 2.75) is 32.9 Å². The number of anilines is 1. The number of rotatable bonds is 5. The van der Waals surface area contributed by atoms with E-state index in [9.17, 15) is 4.79 Å². The van der Waals surface area contributed by atoms with Crippen molar-refractivity contribution in [1.82, 2.24) is 4.57 Å². The van der Waals surface area contributed by atoms with Crippen molar-refractivity contribution in [3.63, 3.8) is 0 Å². The van der Waals surface area contributed by atoms with Crippen molar-refractivity contribution < 1.29 is 19.0 Å². The summed E-state index contributed by atoms with van der Waals surface area (Å²) in [5.41, 5.74) is 6.85. The molecule has 0 saturated heterocycles.